The molecule has 1 saturated carbocycles. The molecule has 2 amide bonds. The van der Waals surface area contributed by atoms with Crippen molar-refractivity contribution in [1.29, 1.82) is 0 Å². The topological polar surface area (TPSA) is 109 Å². The van der Waals surface area contributed by atoms with Crippen LogP contribution in [-0.4, -0.2) is 37.3 Å². The average molecular weight is 726 g/mol. The first-order valence-electron chi connectivity index (χ1n) is 16.4. The lowest BCUT2D eigenvalue weighted by Gasteiger charge is -2.34. The molecular weight excluding hydrogens is 695 g/mol. The fourth-order valence-corrected chi connectivity index (χ4v) is 7.28. The van der Waals surface area contributed by atoms with Crippen LogP contribution in [0.25, 0.3) is 11.1 Å². The van der Waals surface area contributed by atoms with Crippen LogP contribution in [0.3, 0.4) is 0 Å². The number of hydrogen-bond acceptors (Lipinski definition) is 5. The van der Waals surface area contributed by atoms with E-state index in [1.54, 1.807) is 24.3 Å². The molecule has 0 spiro atoms. The minimum absolute atomic E-state index is 0.0214. The molecule has 3 aliphatic rings. The molecule has 15 heteroatoms. The molecule has 2 aromatic heterocycles. The number of fused-ring (bicyclic) bond motifs is 4. The van der Waals surface area contributed by atoms with Crippen LogP contribution in [0.1, 0.15) is 88.5 Å². The molecule has 3 heterocycles. The minimum Gasteiger partial charge on any atom is -0.378 e. The first-order valence-corrected chi connectivity index (χ1v) is 16.4. The van der Waals surface area contributed by atoms with Crippen molar-refractivity contribution in [2.24, 2.45) is 5.92 Å². The maximum atomic E-state index is 15.5. The Labute approximate surface area is 292 Å². The van der Waals surface area contributed by atoms with Gasteiger partial charge in [-0.15, -0.1) is 0 Å². The van der Waals surface area contributed by atoms with Crippen LogP contribution < -0.4 is 10.6 Å². The van der Waals surface area contributed by atoms with Gasteiger partial charge in [0.15, 0.2) is 5.69 Å². The largest absolute Gasteiger partial charge is 0.435 e. The number of amides is 2. The van der Waals surface area contributed by atoms with Crippen LogP contribution in [0.2, 0.25) is 0 Å². The predicted molar refractivity (Wildman–Crippen MR) is 172 cm³/mol. The zero-order valence-corrected chi connectivity index (χ0v) is 27.6. The van der Waals surface area contributed by atoms with Gasteiger partial charge < -0.3 is 15.7 Å². The van der Waals surface area contributed by atoms with Gasteiger partial charge in [-0.25, -0.2) is 13.8 Å². The number of halogens is 7. The Kier molecular flexibility index (Phi) is 8.44. The number of nitrogens with zero attached hydrogens (tertiary/aromatic N) is 3. The number of nitrogens with one attached hydrogen (secondary N) is 2. The molecule has 52 heavy (non-hydrogen) atoms. The maximum absolute atomic E-state index is 15.5. The van der Waals surface area contributed by atoms with E-state index < -0.39 is 76.6 Å². The summed E-state index contributed by atoms with van der Waals surface area (Å²) in [6.45, 7) is 2.00. The van der Waals surface area contributed by atoms with Gasteiger partial charge in [0.1, 0.15) is 35.2 Å². The van der Waals surface area contributed by atoms with Gasteiger partial charge in [-0.2, -0.15) is 27.1 Å². The van der Waals surface area contributed by atoms with Gasteiger partial charge in [-0.3, -0.25) is 14.3 Å². The summed E-state index contributed by atoms with van der Waals surface area (Å²) in [5.74, 6) is -3.86. The molecule has 3 atom stereocenters. The first kappa shape index (κ1) is 35.2. The summed E-state index contributed by atoms with van der Waals surface area (Å²) in [6, 6.07) is 9.49. The summed E-state index contributed by atoms with van der Waals surface area (Å²) in [6.07, 6.45) is -5.22. The smallest absolute Gasteiger partial charge is 0.378 e. The predicted octanol–water partition coefficient (Wildman–Crippen LogP) is 6.31. The lowest BCUT2D eigenvalue weighted by Crippen LogP contribution is -2.36. The number of carbonyl (C=O) groups excluding carboxylic acids is 2. The van der Waals surface area contributed by atoms with Crippen molar-refractivity contribution in [3.05, 3.63) is 105 Å². The molecule has 1 aliphatic heterocycles. The summed E-state index contributed by atoms with van der Waals surface area (Å²) in [5.41, 5.74) is -2.34. The van der Waals surface area contributed by atoms with Crippen LogP contribution in [0.15, 0.2) is 48.5 Å². The van der Waals surface area contributed by atoms with E-state index in [0.29, 0.717) is 33.0 Å². The zero-order valence-electron chi connectivity index (χ0n) is 27.6. The SMILES string of the molecule is CC(C)(O)C#Cc1ccc(-c2cccc3c2CNC3=O)c([C@H](Cc2cc(F)cc(F)c2)NC(=O)Cn2nc(C(F)(F)F)c3c2C(F)(F)C2CC[C@H]32)n1. The highest BCUT2D eigenvalue weighted by Crippen LogP contribution is 2.64. The zero-order chi connectivity index (χ0) is 37.3. The molecule has 7 rings (SSSR count). The lowest BCUT2D eigenvalue weighted by molar-refractivity contribution is -0.144. The van der Waals surface area contributed by atoms with E-state index in [4.69, 9.17) is 0 Å². The van der Waals surface area contributed by atoms with Crippen molar-refractivity contribution < 1.29 is 45.4 Å². The third-order valence-corrected chi connectivity index (χ3v) is 9.56. The highest BCUT2D eigenvalue weighted by molar-refractivity contribution is 6.00. The van der Waals surface area contributed by atoms with Crippen molar-refractivity contribution in [1.82, 2.24) is 25.4 Å². The van der Waals surface area contributed by atoms with Crippen LogP contribution in [0.4, 0.5) is 30.7 Å². The van der Waals surface area contributed by atoms with Crippen LogP contribution in [0.5, 0.6) is 0 Å². The van der Waals surface area contributed by atoms with Crippen LogP contribution >= 0.6 is 0 Å². The van der Waals surface area contributed by atoms with E-state index in [2.05, 4.69) is 32.6 Å². The Bertz CT molecular complexity index is 2180. The van der Waals surface area contributed by atoms with E-state index in [0.717, 1.165) is 12.1 Å². The lowest BCUT2D eigenvalue weighted by atomic mass is 9.73. The summed E-state index contributed by atoms with van der Waals surface area (Å²) in [4.78, 5) is 31.0. The molecule has 1 unspecified atom stereocenters. The van der Waals surface area contributed by atoms with E-state index in [1.807, 2.05) is 0 Å². The maximum Gasteiger partial charge on any atom is 0.435 e. The van der Waals surface area contributed by atoms with Crippen molar-refractivity contribution >= 4 is 11.8 Å². The van der Waals surface area contributed by atoms with Crippen molar-refractivity contribution in [3.63, 3.8) is 0 Å². The summed E-state index contributed by atoms with van der Waals surface area (Å²) in [7, 11) is 0. The molecule has 0 radical (unpaired) electrons. The first-order chi connectivity index (χ1) is 24.4. The third kappa shape index (κ3) is 6.40. The number of rotatable bonds is 7. The van der Waals surface area contributed by atoms with Gasteiger partial charge in [-0.1, -0.05) is 18.1 Å². The van der Waals surface area contributed by atoms with E-state index >= 15 is 8.78 Å². The quantitative estimate of drug-likeness (QED) is 0.153. The monoisotopic (exact) mass is 725 g/mol. The van der Waals surface area contributed by atoms with Crippen LogP contribution in [0, 0.1) is 29.4 Å². The van der Waals surface area contributed by atoms with E-state index in [-0.39, 0.29) is 48.7 Å². The van der Waals surface area contributed by atoms with E-state index in [9.17, 15) is 36.6 Å². The standard InChI is InChI=1S/C37H30F7N5O3/c1-35(2,52)11-10-21-6-7-23(22-4-3-5-24-26(22)16-45-34(24)51)31(46-21)28(14-18-12-19(38)15-20(39)13-18)47-29(50)17-49-33-30(32(48-49)37(42,43)44)25-8-9-27(25)36(33,40)41/h3-7,12-13,15,25,27-28,52H,8-9,14,16-17H2,1-2H3,(H,45,51)(H,47,50)/t25-,27?,28-/m0/s1. The molecule has 2 aromatic carbocycles. The van der Waals surface area contributed by atoms with Gasteiger partial charge in [0.2, 0.25) is 5.91 Å². The van der Waals surface area contributed by atoms with Crippen molar-refractivity contribution in [2.75, 3.05) is 0 Å². The number of benzene rings is 2. The van der Waals surface area contributed by atoms with E-state index in [1.165, 1.54) is 19.9 Å². The molecule has 0 bridgehead atoms. The fourth-order valence-electron chi connectivity index (χ4n) is 7.28. The molecule has 270 valence electrons. The summed E-state index contributed by atoms with van der Waals surface area (Å²) < 4.78 is 102. The van der Waals surface area contributed by atoms with Crippen molar-refractivity contribution in [3.8, 4) is 23.0 Å². The molecular formula is C37H30F7N5O3. The Hall–Kier alpha value is -5.23. The molecule has 1 fully saturated rings. The number of hydrogen-bond donors (Lipinski definition) is 3. The second-order valence-corrected chi connectivity index (χ2v) is 13.7. The fraction of sp³-hybridized carbons (Fsp3) is 0.351. The molecule has 4 aromatic rings. The Morgan fingerprint density at radius 2 is 1.79 bits per heavy atom. The Morgan fingerprint density at radius 1 is 1.08 bits per heavy atom. The number of aromatic nitrogens is 3. The molecule has 2 aliphatic carbocycles. The highest BCUT2D eigenvalue weighted by atomic mass is 19.4. The normalized spacial score (nSPS) is 19.1. The number of carbonyl (C=O) groups is 2. The third-order valence-electron chi connectivity index (χ3n) is 9.56. The van der Waals surface area contributed by atoms with Gasteiger partial charge >= 0.3 is 6.18 Å². The average Bonchev–Trinajstić information content (AvgIpc) is 3.63. The van der Waals surface area contributed by atoms with Gasteiger partial charge in [0.25, 0.3) is 11.8 Å². The number of pyridine rings is 1. The highest BCUT2D eigenvalue weighted by Gasteiger charge is 2.63. The van der Waals surface area contributed by atoms with Gasteiger partial charge in [0.05, 0.1) is 11.7 Å². The molecule has 3 N–H and O–H groups in total. The van der Waals surface area contributed by atoms with Gasteiger partial charge in [-0.05, 0) is 92.0 Å². The number of alkyl halides is 5. The Balaban J connectivity index is 1.34. The second kappa shape index (κ2) is 12.5. The summed E-state index contributed by atoms with van der Waals surface area (Å²) >= 11 is 0. The van der Waals surface area contributed by atoms with Crippen molar-refractivity contribution in [2.45, 2.75) is 75.9 Å². The van der Waals surface area contributed by atoms with Gasteiger partial charge in [0, 0.05) is 35.2 Å². The number of aliphatic hydroxyl groups is 1. The minimum atomic E-state index is -5.05. The molecule has 8 nitrogen and oxygen atoms in total. The summed E-state index contributed by atoms with van der Waals surface area (Å²) in [5, 5.41) is 19.1. The van der Waals surface area contributed by atoms with Crippen LogP contribution in [-0.2, 0) is 36.4 Å². The molecule has 0 saturated heterocycles. The second-order valence-electron chi connectivity index (χ2n) is 13.7. The Morgan fingerprint density at radius 3 is 2.44 bits per heavy atom.